The number of anilines is 2. The summed E-state index contributed by atoms with van der Waals surface area (Å²) < 4.78 is 11.4. The number of nitrogen functional groups attached to an aromatic ring is 1. The molecule has 0 heterocycles. The van der Waals surface area contributed by atoms with E-state index in [2.05, 4.69) is 21.2 Å². The molecule has 6 heteroatoms. The molecule has 0 aliphatic rings. The van der Waals surface area contributed by atoms with E-state index >= 15 is 0 Å². The van der Waals surface area contributed by atoms with Gasteiger partial charge in [0, 0.05) is 5.69 Å². The summed E-state index contributed by atoms with van der Waals surface area (Å²) in [7, 11) is 1.53. The number of methoxy groups -OCH3 is 1. The van der Waals surface area contributed by atoms with Crippen LogP contribution in [0.3, 0.4) is 0 Å². The summed E-state index contributed by atoms with van der Waals surface area (Å²) in [6.07, 6.45) is 0. The number of para-hydroxylation sites is 1. The van der Waals surface area contributed by atoms with Gasteiger partial charge < -0.3 is 20.5 Å². The minimum Gasteiger partial charge on any atom is -0.495 e. The lowest BCUT2D eigenvalue weighted by Gasteiger charge is -2.12. The molecule has 2 aromatic carbocycles. The molecule has 0 aromatic heterocycles. The summed E-state index contributed by atoms with van der Waals surface area (Å²) >= 11 is 3.35. The van der Waals surface area contributed by atoms with Gasteiger partial charge in [-0.15, -0.1) is 0 Å². The van der Waals surface area contributed by atoms with Crippen LogP contribution in [-0.4, -0.2) is 19.6 Å². The Kier molecular flexibility index (Phi) is 5.05. The van der Waals surface area contributed by atoms with Crippen LogP contribution >= 0.6 is 15.9 Å². The van der Waals surface area contributed by atoms with Gasteiger partial charge >= 0.3 is 0 Å². The van der Waals surface area contributed by atoms with Crippen molar-refractivity contribution in [2.24, 2.45) is 0 Å². The van der Waals surface area contributed by atoms with Crippen LogP contribution < -0.4 is 20.5 Å². The number of hydrogen-bond acceptors (Lipinski definition) is 4. The van der Waals surface area contributed by atoms with Crippen LogP contribution in [0.25, 0.3) is 0 Å². The number of benzene rings is 2. The first kappa shape index (κ1) is 15.2. The van der Waals surface area contributed by atoms with Gasteiger partial charge in [0.05, 0.1) is 17.3 Å². The highest BCUT2D eigenvalue weighted by molar-refractivity contribution is 9.10. The van der Waals surface area contributed by atoms with Crippen molar-refractivity contribution in [2.45, 2.75) is 0 Å². The average Bonchev–Trinajstić information content (AvgIpc) is 2.47. The summed E-state index contributed by atoms with van der Waals surface area (Å²) in [5, 5.41) is 2.71. The maximum absolute atomic E-state index is 11.9. The van der Waals surface area contributed by atoms with Crippen LogP contribution in [0.4, 0.5) is 11.4 Å². The first-order chi connectivity index (χ1) is 10.1. The van der Waals surface area contributed by atoms with E-state index in [1.807, 2.05) is 18.2 Å². The molecule has 0 unspecified atom stereocenters. The second-order valence-electron chi connectivity index (χ2n) is 4.23. The first-order valence-electron chi connectivity index (χ1n) is 6.21. The topological polar surface area (TPSA) is 73.6 Å². The minimum absolute atomic E-state index is 0.111. The zero-order valence-electron chi connectivity index (χ0n) is 11.4. The number of hydrogen-bond donors (Lipinski definition) is 2. The van der Waals surface area contributed by atoms with Gasteiger partial charge in [-0.3, -0.25) is 4.79 Å². The molecule has 3 N–H and O–H groups in total. The third-order valence-corrected chi connectivity index (χ3v) is 3.35. The Balaban J connectivity index is 1.99. The molecular formula is C15H15BrN2O3. The summed E-state index contributed by atoms with van der Waals surface area (Å²) in [5.74, 6) is 0.847. The molecule has 21 heavy (non-hydrogen) atoms. The fourth-order valence-electron chi connectivity index (χ4n) is 1.71. The number of amides is 1. The molecular weight excluding hydrogens is 336 g/mol. The third kappa shape index (κ3) is 4.13. The Morgan fingerprint density at radius 2 is 2.00 bits per heavy atom. The van der Waals surface area contributed by atoms with Crippen molar-refractivity contribution in [3.63, 3.8) is 0 Å². The number of carbonyl (C=O) groups excluding carboxylic acids is 1. The first-order valence-corrected chi connectivity index (χ1v) is 7.00. The molecule has 5 nitrogen and oxygen atoms in total. The molecule has 2 rings (SSSR count). The molecule has 2 aromatic rings. The predicted octanol–water partition coefficient (Wildman–Crippen LogP) is 3.06. The van der Waals surface area contributed by atoms with Gasteiger partial charge in [0.15, 0.2) is 6.61 Å². The Morgan fingerprint density at radius 3 is 2.71 bits per heavy atom. The van der Waals surface area contributed by atoms with Gasteiger partial charge in [0.2, 0.25) is 0 Å². The average molecular weight is 351 g/mol. The van der Waals surface area contributed by atoms with Gasteiger partial charge in [-0.1, -0.05) is 12.1 Å². The fraction of sp³-hybridized carbons (Fsp3) is 0.133. The molecule has 0 saturated heterocycles. The van der Waals surface area contributed by atoms with E-state index in [9.17, 15) is 4.79 Å². The lowest BCUT2D eigenvalue weighted by Crippen LogP contribution is -2.20. The molecule has 0 fully saturated rings. The van der Waals surface area contributed by atoms with Crippen molar-refractivity contribution >= 4 is 33.2 Å². The third-order valence-electron chi connectivity index (χ3n) is 2.69. The number of ether oxygens (including phenoxy) is 2. The number of rotatable bonds is 5. The number of nitrogens with one attached hydrogen (secondary N) is 1. The van der Waals surface area contributed by atoms with E-state index in [0.717, 1.165) is 4.47 Å². The Hall–Kier alpha value is -2.21. The second kappa shape index (κ2) is 6.99. The van der Waals surface area contributed by atoms with Gasteiger partial charge in [-0.2, -0.15) is 0 Å². The highest BCUT2D eigenvalue weighted by Crippen LogP contribution is 2.27. The largest absolute Gasteiger partial charge is 0.495 e. The standard InChI is InChI=1S/C15H15BrN2O3/c1-20-14-7-6-10(17)8-12(14)18-15(19)9-21-13-5-3-2-4-11(13)16/h2-8H,9,17H2,1H3,(H,18,19). The van der Waals surface area contributed by atoms with Gasteiger partial charge in [-0.25, -0.2) is 0 Å². The maximum Gasteiger partial charge on any atom is 0.262 e. The smallest absolute Gasteiger partial charge is 0.262 e. The van der Waals surface area contributed by atoms with E-state index in [1.54, 1.807) is 24.3 Å². The molecule has 0 saturated carbocycles. The van der Waals surface area contributed by atoms with Crippen LogP contribution in [0.15, 0.2) is 46.9 Å². The SMILES string of the molecule is COc1ccc(N)cc1NC(=O)COc1ccccc1Br. The molecule has 1 amide bonds. The van der Waals surface area contributed by atoms with E-state index in [-0.39, 0.29) is 12.5 Å². The van der Waals surface area contributed by atoms with Gasteiger partial charge in [0.1, 0.15) is 11.5 Å². The number of carbonyl (C=O) groups is 1. The lowest BCUT2D eigenvalue weighted by atomic mass is 10.2. The second-order valence-corrected chi connectivity index (χ2v) is 5.08. The van der Waals surface area contributed by atoms with Crippen molar-refractivity contribution in [3.05, 3.63) is 46.9 Å². The number of nitrogens with two attached hydrogens (primary N) is 1. The normalized spacial score (nSPS) is 10.0. The van der Waals surface area contributed by atoms with Crippen LogP contribution in [0, 0.1) is 0 Å². The lowest BCUT2D eigenvalue weighted by molar-refractivity contribution is -0.118. The van der Waals surface area contributed by atoms with E-state index in [0.29, 0.717) is 22.9 Å². The van der Waals surface area contributed by atoms with Crippen molar-refractivity contribution < 1.29 is 14.3 Å². The maximum atomic E-state index is 11.9. The van der Waals surface area contributed by atoms with Crippen LogP contribution in [0.1, 0.15) is 0 Å². The van der Waals surface area contributed by atoms with E-state index in [1.165, 1.54) is 7.11 Å². The van der Waals surface area contributed by atoms with E-state index < -0.39 is 0 Å². The summed E-state index contributed by atoms with van der Waals surface area (Å²) in [6, 6.07) is 12.3. The zero-order valence-corrected chi connectivity index (χ0v) is 13.0. The molecule has 0 aliphatic heterocycles. The zero-order chi connectivity index (χ0) is 15.2. The molecule has 0 radical (unpaired) electrons. The van der Waals surface area contributed by atoms with Gasteiger partial charge in [0.25, 0.3) is 5.91 Å². The van der Waals surface area contributed by atoms with Crippen molar-refractivity contribution in [3.8, 4) is 11.5 Å². The monoisotopic (exact) mass is 350 g/mol. The molecule has 110 valence electrons. The summed E-state index contributed by atoms with van der Waals surface area (Å²) in [5.41, 5.74) is 6.75. The Morgan fingerprint density at radius 1 is 1.24 bits per heavy atom. The Bertz CT molecular complexity index is 647. The molecule has 0 spiro atoms. The Labute approximate surface area is 131 Å². The summed E-state index contributed by atoms with van der Waals surface area (Å²) in [6.45, 7) is -0.111. The van der Waals surface area contributed by atoms with Crippen molar-refractivity contribution in [1.82, 2.24) is 0 Å². The van der Waals surface area contributed by atoms with Crippen molar-refractivity contribution in [1.29, 1.82) is 0 Å². The molecule has 0 atom stereocenters. The highest BCUT2D eigenvalue weighted by atomic mass is 79.9. The fourth-order valence-corrected chi connectivity index (χ4v) is 2.11. The highest BCUT2D eigenvalue weighted by Gasteiger charge is 2.09. The predicted molar refractivity (Wildman–Crippen MR) is 85.7 cm³/mol. The van der Waals surface area contributed by atoms with Crippen LogP contribution in [-0.2, 0) is 4.79 Å². The quantitative estimate of drug-likeness (QED) is 0.812. The van der Waals surface area contributed by atoms with Crippen molar-refractivity contribution in [2.75, 3.05) is 24.8 Å². The number of halogens is 1. The molecule has 0 aliphatic carbocycles. The summed E-state index contributed by atoms with van der Waals surface area (Å²) in [4.78, 5) is 11.9. The van der Waals surface area contributed by atoms with Crippen LogP contribution in [0.2, 0.25) is 0 Å². The minimum atomic E-state index is -0.297. The van der Waals surface area contributed by atoms with E-state index in [4.69, 9.17) is 15.2 Å². The molecule has 0 bridgehead atoms. The van der Waals surface area contributed by atoms with Gasteiger partial charge in [-0.05, 0) is 46.3 Å². The van der Waals surface area contributed by atoms with Crippen LogP contribution in [0.5, 0.6) is 11.5 Å².